The van der Waals surface area contributed by atoms with Crippen LogP contribution >= 0.6 is 0 Å². The summed E-state index contributed by atoms with van der Waals surface area (Å²) in [6.45, 7) is 0. The van der Waals surface area contributed by atoms with Crippen LogP contribution < -0.4 is 4.74 Å². The smallest absolute Gasteiger partial charge is 0.328 e. The first-order valence-electron chi connectivity index (χ1n) is 3.63. The van der Waals surface area contributed by atoms with Gasteiger partial charge in [-0.05, 0) is 18.2 Å². The van der Waals surface area contributed by atoms with Crippen molar-refractivity contribution in [1.29, 1.82) is 0 Å². The Balaban J connectivity index is 2.75. The maximum Gasteiger partial charge on any atom is 0.328 e. The molecular formula is C9H9NO3. The Hall–Kier alpha value is -1.84. The summed E-state index contributed by atoms with van der Waals surface area (Å²) < 4.78 is 4.89. The van der Waals surface area contributed by atoms with Crippen LogP contribution in [0.5, 0.6) is 5.75 Å². The molecule has 0 saturated heterocycles. The summed E-state index contributed by atoms with van der Waals surface area (Å²) in [5, 5.41) is 8.34. The molecule has 1 aromatic rings. The number of pyridine rings is 1. The van der Waals surface area contributed by atoms with E-state index >= 15 is 0 Å². The van der Waals surface area contributed by atoms with Crippen LogP contribution in [-0.4, -0.2) is 23.2 Å². The van der Waals surface area contributed by atoms with E-state index in [0.717, 1.165) is 6.08 Å². The third-order valence-corrected chi connectivity index (χ3v) is 1.39. The summed E-state index contributed by atoms with van der Waals surface area (Å²) in [7, 11) is 1.55. The highest BCUT2D eigenvalue weighted by Gasteiger charge is 1.92. The molecule has 0 bridgehead atoms. The standard InChI is InChI=1S/C9H9NO3/c1-13-8-4-2-7(10-6-8)3-5-9(11)12/h2-6H,1H3,(H,11,12)/b5-3-. The molecule has 0 aliphatic heterocycles. The Morgan fingerprint density at radius 1 is 1.62 bits per heavy atom. The van der Waals surface area contributed by atoms with E-state index in [0.29, 0.717) is 11.4 Å². The number of carboxylic acid groups (broad SMARTS) is 1. The number of nitrogens with zero attached hydrogens (tertiary/aromatic N) is 1. The molecule has 0 amide bonds. The minimum Gasteiger partial charge on any atom is -0.495 e. The van der Waals surface area contributed by atoms with Crippen LogP contribution in [0, 0.1) is 0 Å². The van der Waals surface area contributed by atoms with E-state index < -0.39 is 5.97 Å². The number of aromatic nitrogens is 1. The van der Waals surface area contributed by atoms with Crippen molar-refractivity contribution < 1.29 is 14.6 Å². The molecule has 0 spiro atoms. The van der Waals surface area contributed by atoms with Crippen molar-refractivity contribution in [2.24, 2.45) is 0 Å². The van der Waals surface area contributed by atoms with Crippen LogP contribution in [0.4, 0.5) is 0 Å². The van der Waals surface area contributed by atoms with Crippen molar-refractivity contribution in [1.82, 2.24) is 4.98 Å². The predicted molar refractivity (Wildman–Crippen MR) is 47.5 cm³/mol. The molecule has 1 aromatic heterocycles. The first kappa shape index (κ1) is 9.25. The van der Waals surface area contributed by atoms with E-state index in [1.807, 2.05) is 0 Å². The zero-order chi connectivity index (χ0) is 9.68. The van der Waals surface area contributed by atoms with Gasteiger partial charge in [-0.2, -0.15) is 0 Å². The van der Waals surface area contributed by atoms with Crippen molar-refractivity contribution in [3.63, 3.8) is 0 Å². The van der Waals surface area contributed by atoms with Gasteiger partial charge in [0.25, 0.3) is 0 Å². The Labute approximate surface area is 75.5 Å². The van der Waals surface area contributed by atoms with Gasteiger partial charge in [-0.25, -0.2) is 4.79 Å². The Morgan fingerprint density at radius 2 is 2.38 bits per heavy atom. The van der Waals surface area contributed by atoms with Crippen LogP contribution in [-0.2, 0) is 4.79 Å². The first-order valence-corrected chi connectivity index (χ1v) is 3.63. The van der Waals surface area contributed by atoms with Gasteiger partial charge >= 0.3 is 5.97 Å². The Morgan fingerprint density at radius 3 is 2.85 bits per heavy atom. The van der Waals surface area contributed by atoms with Gasteiger partial charge in [0.05, 0.1) is 19.0 Å². The molecule has 4 heteroatoms. The quantitative estimate of drug-likeness (QED) is 0.708. The first-order chi connectivity index (χ1) is 6.22. The normalized spacial score (nSPS) is 10.2. The highest BCUT2D eigenvalue weighted by Crippen LogP contribution is 2.08. The zero-order valence-electron chi connectivity index (χ0n) is 7.10. The van der Waals surface area contributed by atoms with Crippen molar-refractivity contribution in [2.75, 3.05) is 7.11 Å². The molecule has 4 nitrogen and oxygen atoms in total. The van der Waals surface area contributed by atoms with Gasteiger partial charge in [-0.15, -0.1) is 0 Å². The van der Waals surface area contributed by atoms with Gasteiger partial charge in [0.15, 0.2) is 0 Å². The fourth-order valence-electron chi connectivity index (χ4n) is 0.768. The molecule has 0 radical (unpaired) electrons. The Bertz CT molecular complexity index is 316. The van der Waals surface area contributed by atoms with Gasteiger partial charge in [0.1, 0.15) is 5.75 Å². The van der Waals surface area contributed by atoms with Crippen molar-refractivity contribution >= 4 is 12.0 Å². The third-order valence-electron chi connectivity index (χ3n) is 1.39. The molecule has 0 fully saturated rings. The minimum absolute atomic E-state index is 0.586. The van der Waals surface area contributed by atoms with E-state index in [4.69, 9.17) is 9.84 Å². The third kappa shape index (κ3) is 2.94. The molecule has 1 heterocycles. The summed E-state index contributed by atoms with van der Waals surface area (Å²) in [4.78, 5) is 14.1. The number of hydrogen-bond acceptors (Lipinski definition) is 3. The minimum atomic E-state index is -0.988. The fourth-order valence-corrected chi connectivity index (χ4v) is 0.768. The zero-order valence-corrected chi connectivity index (χ0v) is 7.10. The summed E-state index contributed by atoms with van der Waals surface area (Å²) in [6, 6.07) is 3.40. The van der Waals surface area contributed by atoms with Crippen LogP contribution in [0.25, 0.3) is 6.08 Å². The SMILES string of the molecule is COc1ccc(/C=C\C(=O)O)nc1. The van der Waals surface area contributed by atoms with Gasteiger partial charge in [0, 0.05) is 6.08 Å². The number of aliphatic carboxylic acids is 1. The number of carboxylic acids is 1. The number of methoxy groups -OCH3 is 1. The van der Waals surface area contributed by atoms with E-state index in [9.17, 15) is 4.79 Å². The summed E-state index contributed by atoms with van der Waals surface area (Å²) in [6.07, 6.45) is 3.98. The fraction of sp³-hybridized carbons (Fsp3) is 0.111. The van der Waals surface area contributed by atoms with Gasteiger partial charge in [-0.3, -0.25) is 4.98 Å². The molecule has 1 N–H and O–H groups in total. The summed E-state index contributed by atoms with van der Waals surface area (Å²) in [5.41, 5.74) is 0.586. The second kappa shape index (κ2) is 4.25. The molecule has 0 aliphatic rings. The Kier molecular flexibility index (Phi) is 3.03. The number of rotatable bonds is 3. The second-order valence-corrected chi connectivity index (χ2v) is 2.29. The molecule has 1 rings (SSSR count). The topological polar surface area (TPSA) is 59.4 Å². The lowest BCUT2D eigenvalue weighted by Crippen LogP contribution is -1.88. The molecule has 13 heavy (non-hydrogen) atoms. The molecule has 0 unspecified atom stereocenters. The summed E-state index contributed by atoms with van der Waals surface area (Å²) in [5.74, 6) is -0.343. The van der Waals surface area contributed by atoms with E-state index in [1.54, 1.807) is 19.2 Å². The highest BCUT2D eigenvalue weighted by molar-refractivity contribution is 5.84. The van der Waals surface area contributed by atoms with Crippen LogP contribution in [0.15, 0.2) is 24.4 Å². The van der Waals surface area contributed by atoms with Crippen LogP contribution in [0.3, 0.4) is 0 Å². The van der Waals surface area contributed by atoms with Gasteiger partial charge in [-0.1, -0.05) is 0 Å². The lowest BCUT2D eigenvalue weighted by molar-refractivity contribution is -0.131. The average Bonchev–Trinajstić information content (AvgIpc) is 2.15. The molecule has 0 aromatic carbocycles. The average molecular weight is 179 g/mol. The number of carbonyl (C=O) groups is 1. The lowest BCUT2D eigenvalue weighted by atomic mass is 10.3. The second-order valence-electron chi connectivity index (χ2n) is 2.29. The molecular weight excluding hydrogens is 170 g/mol. The van der Waals surface area contributed by atoms with E-state index in [-0.39, 0.29) is 0 Å². The molecule has 0 saturated carbocycles. The molecule has 68 valence electrons. The van der Waals surface area contributed by atoms with Crippen molar-refractivity contribution in [2.45, 2.75) is 0 Å². The maximum absolute atomic E-state index is 10.2. The van der Waals surface area contributed by atoms with Crippen LogP contribution in [0.1, 0.15) is 5.69 Å². The predicted octanol–water partition coefficient (Wildman–Crippen LogP) is 1.19. The van der Waals surface area contributed by atoms with E-state index in [1.165, 1.54) is 12.3 Å². The lowest BCUT2D eigenvalue weighted by Gasteiger charge is -1.97. The number of hydrogen-bond donors (Lipinski definition) is 1. The summed E-state index contributed by atoms with van der Waals surface area (Å²) >= 11 is 0. The molecule has 0 atom stereocenters. The highest BCUT2D eigenvalue weighted by atomic mass is 16.5. The van der Waals surface area contributed by atoms with Gasteiger partial charge < -0.3 is 9.84 Å². The molecule has 0 aliphatic carbocycles. The largest absolute Gasteiger partial charge is 0.495 e. The van der Waals surface area contributed by atoms with Gasteiger partial charge in [0.2, 0.25) is 0 Å². The van der Waals surface area contributed by atoms with Crippen molar-refractivity contribution in [3.05, 3.63) is 30.1 Å². The van der Waals surface area contributed by atoms with Crippen LogP contribution in [0.2, 0.25) is 0 Å². The van der Waals surface area contributed by atoms with Crippen molar-refractivity contribution in [3.8, 4) is 5.75 Å². The number of ether oxygens (including phenoxy) is 1. The van der Waals surface area contributed by atoms with E-state index in [2.05, 4.69) is 4.98 Å². The monoisotopic (exact) mass is 179 g/mol. The maximum atomic E-state index is 10.2.